The van der Waals surface area contributed by atoms with Gasteiger partial charge in [-0.1, -0.05) is 39.1 Å². The quantitative estimate of drug-likeness (QED) is 0.770. The number of aryl methyl sites for hydroxylation is 1. The smallest absolute Gasteiger partial charge is 0.261 e. The van der Waals surface area contributed by atoms with Crippen LogP contribution < -0.4 is 4.72 Å². The molecule has 0 heterocycles. The fourth-order valence-electron chi connectivity index (χ4n) is 1.62. The molecule has 0 amide bonds. The molecule has 2 aromatic carbocycles. The predicted octanol–water partition coefficient (Wildman–Crippen LogP) is 5.00. The molecule has 112 valence electrons. The zero-order valence-corrected chi connectivity index (χ0v) is 14.5. The number of nitrogens with one attached hydrogen (secondary N) is 1. The van der Waals surface area contributed by atoms with Crippen molar-refractivity contribution in [2.75, 3.05) is 4.72 Å². The van der Waals surface area contributed by atoms with E-state index >= 15 is 0 Å². The highest BCUT2D eigenvalue weighted by Gasteiger charge is 2.19. The Morgan fingerprint density at radius 1 is 1.14 bits per heavy atom. The van der Waals surface area contributed by atoms with Crippen LogP contribution in [0.15, 0.2) is 39.7 Å². The topological polar surface area (TPSA) is 46.2 Å². The van der Waals surface area contributed by atoms with E-state index in [2.05, 4.69) is 20.7 Å². The van der Waals surface area contributed by atoms with Gasteiger partial charge in [0.1, 0.15) is 5.82 Å². The Morgan fingerprint density at radius 3 is 2.24 bits per heavy atom. The van der Waals surface area contributed by atoms with E-state index in [1.54, 1.807) is 13.0 Å². The van der Waals surface area contributed by atoms with Gasteiger partial charge in [-0.15, -0.1) is 0 Å². The van der Waals surface area contributed by atoms with Crippen LogP contribution >= 0.6 is 39.1 Å². The highest BCUT2D eigenvalue weighted by Crippen LogP contribution is 2.33. The third-order valence-corrected chi connectivity index (χ3v) is 5.52. The second kappa shape index (κ2) is 6.12. The summed E-state index contributed by atoms with van der Waals surface area (Å²) < 4.78 is 40.8. The lowest BCUT2D eigenvalue weighted by molar-refractivity contribution is 0.601. The summed E-state index contributed by atoms with van der Waals surface area (Å²) in [7, 11) is -3.87. The standard InChI is InChI=1S/C13H9BrCl2FNO2S/c1-7-4-9(2-3-10(7)14)21(19,20)18-13-11(15)5-8(17)6-12(13)16/h2-6,18H,1H3. The summed E-state index contributed by atoms with van der Waals surface area (Å²) in [5.74, 6) is -0.646. The molecule has 21 heavy (non-hydrogen) atoms. The SMILES string of the molecule is Cc1cc(S(=O)(=O)Nc2c(Cl)cc(F)cc2Cl)ccc1Br. The molecular formula is C13H9BrCl2FNO2S. The average molecular weight is 413 g/mol. The summed E-state index contributed by atoms with van der Waals surface area (Å²) in [5, 5.41) is -0.227. The van der Waals surface area contributed by atoms with Gasteiger partial charge in [-0.25, -0.2) is 12.8 Å². The zero-order valence-electron chi connectivity index (χ0n) is 10.6. The molecule has 0 aliphatic rings. The van der Waals surface area contributed by atoms with Gasteiger partial charge in [0, 0.05) is 4.47 Å². The number of hydrogen-bond donors (Lipinski definition) is 1. The fourth-order valence-corrected chi connectivity index (χ4v) is 3.72. The van der Waals surface area contributed by atoms with Gasteiger partial charge >= 0.3 is 0 Å². The van der Waals surface area contributed by atoms with Crippen LogP contribution in [0.1, 0.15) is 5.56 Å². The number of anilines is 1. The third kappa shape index (κ3) is 3.69. The Labute approximate surface area is 140 Å². The second-order valence-corrected chi connectivity index (χ2v) is 7.61. The molecule has 0 bridgehead atoms. The van der Waals surface area contributed by atoms with Crippen molar-refractivity contribution in [2.45, 2.75) is 11.8 Å². The molecule has 0 atom stereocenters. The normalized spacial score (nSPS) is 11.5. The number of halogens is 4. The van der Waals surface area contributed by atoms with Gasteiger partial charge < -0.3 is 0 Å². The summed E-state index contributed by atoms with van der Waals surface area (Å²) in [6, 6.07) is 6.52. The molecule has 0 unspecified atom stereocenters. The minimum atomic E-state index is -3.87. The van der Waals surface area contributed by atoms with E-state index in [4.69, 9.17) is 23.2 Å². The number of hydrogen-bond acceptors (Lipinski definition) is 2. The molecule has 0 aliphatic carbocycles. The number of rotatable bonds is 3. The molecular weight excluding hydrogens is 404 g/mol. The summed E-state index contributed by atoms with van der Waals surface area (Å²) in [5.41, 5.74) is 0.703. The first-order valence-corrected chi connectivity index (χ1v) is 8.67. The first-order chi connectivity index (χ1) is 9.70. The molecule has 3 nitrogen and oxygen atoms in total. The van der Waals surface area contributed by atoms with Crippen LogP contribution in [-0.2, 0) is 10.0 Å². The van der Waals surface area contributed by atoms with Gasteiger partial charge in [0.15, 0.2) is 0 Å². The Morgan fingerprint density at radius 2 is 1.71 bits per heavy atom. The minimum absolute atomic E-state index is 0.0552. The van der Waals surface area contributed by atoms with Crippen molar-refractivity contribution in [1.82, 2.24) is 0 Å². The minimum Gasteiger partial charge on any atom is -0.277 e. The van der Waals surface area contributed by atoms with Crippen molar-refractivity contribution < 1.29 is 12.8 Å². The Balaban J connectivity index is 2.44. The highest BCUT2D eigenvalue weighted by atomic mass is 79.9. The zero-order chi connectivity index (χ0) is 15.8. The van der Waals surface area contributed by atoms with Gasteiger partial charge in [0.25, 0.3) is 10.0 Å². The first kappa shape index (κ1) is 16.5. The molecule has 0 spiro atoms. The van der Waals surface area contributed by atoms with Crippen molar-refractivity contribution in [3.63, 3.8) is 0 Å². The lowest BCUT2D eigenvalue weighted by atomic mass is 10.2. The molecule has 1 N–H and O–H groups in total. The van der Waals surface area contributed by atoms with Crippen molar-refractivity contribution in [2.24, 2.45) is 0 Å². The van der Waals surface area contributed by atoms with E-state index in [0.29, 0.717) is 0 Å². The average Bonchev–Trinajstić information content (AvgIpc) is 2.37. The van der Waals surface area contributed by atoms with Crippen molar-refractivity contribution in [3.05, 3.63) is 56.2 Å². The maximum Gasteiger partial charge on any atom is 0.261 e. The third-order valence-electron chi connectivity index (χ3n) is 2.68. The lowest BCUT2D eigenvalue weighted by Gasteiger charge is -2.12. The molecule has 2 aromatic rings. The number of sulfonamides is 1. The van der Waals surface area contributed by atoms with Gasteiger partial charge in [-0.2, -0.15) is 0 Å². The highest BCUT2D eigenvalue weighted by molar-refractivity contribution is 9.10. The van der Waals surface area contributed by atoms with Gasteiger partial charge in [-0.05, 0) is 42.8 Å². The molecule has 2 rings (SSSR count). The Bertz CT molecular complexity index is 789. The van der Waals surface area contributed by atoms with Crippen LogP contribution in [0.3, 0.4) is 0 Å². The fraction of sp³-hybridized carbons (Fsp3) is 0.0769. The van der Waals surface area contributed by atoms with Crippen LogP contribution in [0.5, 0.6) is 0 Å². The molecule has 0 radical (unpaired) electrons. The Kier molecular flexibility index (Phi) is 4.82. The van der Waals surface area contributed by atoms with E-state index < -0.39 is 15.8 Å². The second-order valence-electron chi connectivity index (χ2n) is 4.26. The largest absolute Gasteiger partial charge is 0.277 e. The number of benzene rings is 2. The van der Waals surface area contributed by atoms with Crippen LogP contribution in [0, 0.1) is 12.7 Å². The van der Waals surface area contributed by atoms with Gasteiger partial charge in [-0.3, -0.25) is 4.72 Å². The summed E-state index contributed by atoms with van der Waals surface area (Å²) in [6.45, 7) is 1.76. The molecule has 0 saturated carbocycles. The first-order valence-electron chi connectivity index (χ1n) is 5.64. The Hall–Kier alpha value is -0.820. The molecule has 0 aromatic heterocycles. The van der Waals surface area contributed by atoms with Crippen molar-refractivity contribution in [1.29, 1.82) is 0 Å². The maximum atomic E-state index is 13.1. The van der Waals surface area contributed by atoms with Crippen LogP contribution in [0.2, 0.25) is 10.0 Å². The van der Waals surface area contributed by atoms with Crippen LogP contribution in [0.4, 0.5) is 10.1 Å². The van der Waals surface area contributed by atoms with Crippen molar-refractivity contribution >= 4 is 54.8 Å². The molecule has 8 heteroatoms. The van der Waals surface area contributed by atoms with Gasteiger partial charge in [0.2, 0.25) is 0 Å². The molecule has 0 fully saturated rings. The predicted molar refractivity (Wildman–Crippen MR) is 86.1 cm³/mol. The van der Waals surface area contributed by atoms with Crippen molar-refractivity contribution in [3.8, 4) is 0 Å². The van der Waals surface area contributed by atoms with Crippen LogP contribution in [-0.4, -0.2) is 8.42 Å². The van der Waals surface area contributed by atoms with Crippen LogP contribution in [0.25, 0.3) is 0 Å². The summed E-state index contributed by atoms with van der Waals surface area (Å²) in [6.07, 6.45) is 0. The van der Waals surface area contributed by atoms with E-state index in [1.807, 2.05) is 0 Å². The lowest BCUT2D eigenvalue weighted by Crippen LogP contribution is -2.14. The monoisotopic (exact) mass is 411 g/mol. The molecule has 0 saturated heterocycles. The van der Waals surface area contributed by atoms with E-state index in [1.165, 1.54) is 12.1 Å². The van der Waals surface area contributed by atoms with E-state index in [0.717, 1.165) is 22.2 Å². The van der Waals surface area contributed by atoms with Gasteiger partial charge in [0.05, 0.1) is 20.6 Å². The summed E-state index contributed by atoms with van der Waals surface area (Å²) >= 11 is 14.9. The summed E-state index contributed by atoms with van der Waals surface area (Å²) in [4.78, 5) is 0.0552. The molecule has 0 aliphatic heterocycles. The maximum absolute atomic E-state index is 13.1. The van der Waals surface area contributed by atoms with E-state index in [-0.39, 0.29) is 20.6 Å². The van der Waals surface area contributed by atoms with E-state index in [9.17, 15) is 12.8 Å².